The van der Waals surface area contributed by atoms with Gasteiger partial charge < -0.3 is 68.9 Å². The lowest BCUT2D eigenvalue weighted by atomic mass is 9.57. The number of phenolic OH excluding ortho intramolecular Hbond substituents is 1. The first-order chi connectivity index (χ1) is 28.2. The number of fused-ring (bicyclic) bond motifs is 3. The number of phenols is 1. The highest BCUT2D eigenvalue weighted by molar-refractivity contribution is 6.32. The number of allylic oxidation sites excluding steroid dienone is 2. The smallest absolute Gasteiger partial charge is 0.198 e. The second kappa shape index (κ2) is 16.0. The predicted octanol–water partition coefficient (Wildman–Crippen LogP) is 1.49. The minimum absolute atomic E-state index is 0.0307. The van der Waals surface area contributed by atoms with Crippen LogP contribution in [0.15, 0.2) is 35.4 Å². The molecule has 0 bridgehead atoms. The van der Waals surface area contributed by atoms with Gasteiger partial charge in [0.15, 0.2) is 41.8 Å². The van der Waals surface area contributed by atoms with Crippen molar-refractivity contribution in [3.63, 3.8) is 0 Å². The third-order valence-corrected chi connectivity index (χ3v) is 13.3. The molecule has 0 aromatic heterocycles. The zero-order valence-electron chi connectivity index (χ0n) is 34.3. The monoisotopic (exact) mass is 844 g/mol. The third kappa shape index (κ3) is 7.42. The zero-order chi connectivity index (χ0) is 43.2. The summed E-state index contributed by atoms with van der Waals surface area (Å²) in [7, 11) is 0. The molecule has 4 saturated heterocycles. The predicted molar refractivity (Wildman–Crippen MR) is 204 cm³/mol. The molecule has 3 aliphatic carbocycles. The van der Waals surface area contributed by atoms with Gasteiger partial charge in [0, 0.05) is 55.2 Å². The molecule has 1 aromatic carbocycles. The molecule has 4 aliphatic heterocycles. The molecule has 4 heterocycles. The lowest BCUT2D eigenvalue weighted by Gasteiger charge is -2.55. The molecule has 5 fully saturated rings. The van der Waals surface area contributed by atoms with Crippen LogP contribution < -0.4 is 0 Å². The molecule has 330 valence electrons. The van der Waals surface area contributed by atoms with Crippen LogP contribution in [0, 0.1) is 0 Å². The summed E-state index contributed by atoms with van der Waals surface area (Å²) in [6.45, 7) is 8.11. The lowest BCUT2D eigenvalue weighted by molar-refractivity contribution is -0.306. The number of aliphatic hydroxyl groups is 6. The Balaban J connectivity index is 1.03. The molecule has 7 aliphatic rings. The largest absolute Gasteiger partial charge is 0.507 e. The molecule has 8 rings (SSSR count). The van der Waals surface area contributed by atoms with Crippen molar-refractivity contribution in [1.29, 1.82) is 0 Å². The number of carbonyl (C=O) groups is 3. The van der Waals surface area contributed by atoms with Crippen LogP contribution in [0.3, 0.4) is 0 Å². The minimum Gasteiger partial charge on any atom is -0.507 e. The van der Waals surface area contributed by atoms with Crippen molar-refractivity contribution in [1.82, 2.24) is 0 Å². The van der Waals surface area contributed by atoms with Crippen molar-refractivity contribution in [2.75, 3.05) is 0 Å². The van der Waals surface area contributed by atoms with Gasteiger partial charge in [-0.3, -0.25) is 14.4 Å². The quantitative estimate of drug-likeness (QED) is 0.205. The average molecular weight is 845 g/mol. The van der Waals surface area contributed by atoms with E-state index in [2.05, 4.69) is 0 Å². The maximum Gasteiger partial charge on any atom is 0.198 e. The van der Waals surface area contributed by atoms with Crippen LogP contribution in [0.4, 0.5) is 0 Å². The van der Waals surface area contributed by atoms with E-state index in [1.54, 1.807) is 20.8 Å². The van der Waals surface area contributed by atoms with E-state index in [1.807, 2.05) is 6.92 Å². The Labute approximate surface area is 346 Å². The minimum atomic E-state index is -2.47. The van der Waals surface area contributed by atoms with Crippen molar-refractivity contribution in [3.05, 3.63) is 52.1 Å². The third-order valence-electron chi connectivity index (χ3n) is 13.3. The Morgan fingerprint density at radius 3 is 2.08 bits per heavy atom. The van der Waals surface area contributed by atoms with Crippen LogP contribution in [0.5, 0.6) is 5.75 Å². The van der Waals surface area contributed by atoms with E-state index in [4.69, 9.17) is 33.2 Å². The number of ether oxygens (including phenoxy) is 7. The van der Waals surface area contributed by atoms with Crippen molar-refractivity contribution in [2.45, 2.75) is 189 Å². The van der Waals surface area contributed by atoms with Gasteiger partial charge in [-0.1, -0.05) is 12.1 Å². The van der Waals surface area contributed by atoms with Gasteiger partial charge in [-0.2, -0.15) is 0 Å². The molecule has 0 radical (unpaired) electrons. The molecule has 17 atom stereocenters. The van der Waals surface area contributed by atoms with Gasteiger partial charge in [-0.25, -0.2) is 0 Å². The summed E-state index contributed by atoms with van der Waals surface area (Å²) >= 11 is 0. The van der Waals surface area contributed by atoms with Gasteiger partial charge in [-0.15, -0.1) is 0 Å². The number of aliphatic hydroxyl groups excluding tert-OH is 4. The van der Waals surface area contributed by atoms with Gasteiger partial charge in [0.25, 0.3) is 0 Å². The van der Waals surface area contributed by atoms with E-state index in [9.17, 15) is 50.1 Å². The molecule has 0 amide bonds. The van der Waals surface area contributed by atoms with Crippen LogP contribution in [0.1, 0.15) is 118 Å². The van der Waals surface area contributed by atoms with Gasteiger partial charge in [-0.05, 0) is 59.6 Å². The highest BCUT2D eigenvalue weighted by Crippen LogP contribution is 2.55. The summed E-state index contributed by atoms with van der Waals surface area (Å²) in [5.41, 5.74) is -7.56. The van der Waals surface area contributed by atoms with Gasteiger partial charge >= 0.3 is 0 Å². The van der Waals surface area contributed by atoms with E-state index in [-0.39, 0.29) is 47.9 Å². The summed E-state index contributed by atoms with van der Waals surface area (Å²) in [5.74, 6) is -3.03. The number of Topliss-reactive ketones (excluding diaryl/α,β-unsaturated/α-hetero) is 3. The van der Waals surface area contributed by atoms with Gasteiger partial charge in [0.2, 0.25) is 0 Å². The summed E-state index contributed by atoms with van der Waals surface area (Å²) in [6.07, 6.45) is -8.39. The fourth-order valence-electron chi connectivity index (χ4n) is 10.1. The molecule has 1 saturated carbocycles. The number of hydrogen-bond acceptors (Lipinski definition) is 17. The van der Waals surface area contributed by atoms with Crippen molar-refractivity contribution in [2.24, 2.45) is 0 Å². The Hall–Kier alpha value is -3.01. The number of hydrogen-bond donors (Lipinski definition) is 7. The molecular formula is C43H56O17. The van der Waals surface area contributed by atoms with Crippen molar-refractivity contribution < 1.29 is 83.3 Å². The average Bonchev–Trinajstić information content (AvgIpc) is 3.17. The number of aromatic hydroxyl groups is 1. The fraction of sp³-hybridized carbons (Fsp3) is 0.698. The first kappa shape index (κ1) is 43.6. The Morgan fingerprint density at radius 1 is 0.717 bits per heavy atom. The molecule has 1 aromatic rings. The van der Waals surface area contributed by atoms with Gasteiger partial charge in [0.1, 0.15) is 23.6 Å². The van der Waals surface area contributed by atoms with E-state index in [1.165, 1.54) is 31.2 Å². The van der Waals surface area contributed by atoms with Crippen LogP contribution >= 0.6 is 0 Å². The Bertz CT molecular complexity index is 1930. The molecule has 0 unspecified atom stereocenters. The molecule has 60 heavy (non-hydrogen) atoms. The summed E-state index contributed by atoms with van der Waals surface area (Å²) in [4.78, 5) is 43.5. The number of benzene rings is 1. The van der Waals surface area contributed by atoms with Crippen molar-refractivity contribution in [3.8, 4) is 5.75 Å². The van der Waals surface area contributed by atoms with E-state index in [0.29, 0.717) is 12.8 Å². The van der Waals surface area contributed by atoms with E-state index >= 15 is 0 Å². The maximum atomic E-state index is 14.7. The molecular weight excluding hydrogens is 788 g/mol. The second-order valence-electron chi connectivity index (χ2n) is 17.9. The second-order valence-corrected chi connectivity index (χ2v) is 17.9. The number of carbonyl (C=O) groups excluding carboxylic acids is 3. The summed E-state index contributed by atoms with van der Waals surface area (Å²) < 4.78 is 42.7. The zero-order valence-corrected chi connectivity index (χ0v) is 34.3. The van der Waals surface area contributed by atoms with E-state index < -0.39 is 144 Å². The first-order valence-electron chi connectivity index (χ1n) is 20.9. The Kier molecular flexibility index (Phi) is 11.6. The molecule has 0 spiro atoms. The standard InChI is InChI=1S/C43H56O17/c1-18-25(44)8-10-32(55-18)60-43-30(46)16-41(5,52)17-42(43,53)13-12-24-35(43)40(51)23-7-6-22(38(49)34(23)39(24)50)28-15-29(37(48)21(4)54-28)59-31-11-9-27(19(2)56-31)58-33-14-26(45)36(47)20(3)57-33/h6-7,12-13,18-21,25-29,31-33,36-37,44-45,47-49,52-53H,8-11,14-17H2,1-5H3/t18-,19-,20+,21+,25-,26+,27-,28+,29+,31-,32-,33-,36+,37+,41-,42-,43+/m0/s1. The summed E-state index contributed by atoms with van der Waals surface area (Å²) in [5, 5.41) is 76.8. The Morgan fingerprint density at radius 2 is 1.38 bits per heavy atom. The van der Waals surface area contributed by atoms with Crippen LogP contribution in [0.25, 0.3) is 0 Å². The maximum absolute atomic E-state index is 14.7. The first-order valence-corrected chi connectivity index (χ1v) is 20.9. The number of ketones is 3. The van der Waals surface area contributed by atoms with Gasteiger partial charge in [0.05, 0.1) is 71.7 Å². The highest BCUT2D eigenvalue weighted by Gasteiger charge is 2.69. The molecule has 17 nitrogen and oxygen atoms in total. The lowest BCUT2D eigenvalue weighted by Crippen LogP contribution is -2.71. The number of rotatable bonds is 7. The van der Waals surface area contributed by atoms with Crippen LogP contribution in [0.2, 0.25) is 0 Å². The molecule has 7 N–H and O–H groups in total. The van der Waals surface area contributed by atoms with E-state index in [0.717, 1.165) is 0 Å². The highest BCUT2D eigenvalue weighted by atomic mass is 16.7. The topological polar surface area (TPSA) is 257 Å². The van der Waals surface area contributed by atoms with Crippen LogP contribution in [-0.4, -0.2) is 150 Å². The normalized spacial score (nSPS) is 45.9. The SMILES string of the molecule is C[C@@H]1O[C@@H](O[C@@H]2C[C@H](c3ccc4c(c3O)C(=O)C3=C(C4=O)[C@]4(O[C@H]5CC[C@H](O)[C@H](C)O5)C(=O)C[C@](C)(O)C[C@@]4(O)C=C3)O[C@H](C)[C@H]2O)CC[C@@H]1O[C@H]1C[C@@H](O)[C@H](O)[C@@H](C)O1. The summed E-state index contributed by atoms with van der Waals surface area (Å²) in [6, 6.07) is 2.78. The van der Waals surface area contributed by atoms with Crippen LogP contribution in [-0.2, 0) is 38.0 Å². The fourth-order valence-corrected chi connectivity index (χ4v) is 10.1. The van der Waals surface area contributed by atoms with Crippen molar-refractivity contribution >= 4 is 17.3 Å². The molecule has 17 heteroatoms.